The smallest absolute Gasteiger partial charge is 0.312 e. The summed E-state index contributed by atoms with van der Waals surface area (Å²) in [6.45, 7) is 1.86. The van der Waals surface area contributed by atoms with Crippen molar-refractivity contribution in [1.82, 2.24) is 9.97 Å². The van der Waals surface area contributed by atoms with Gasteiger partial charge in [0.2, 0.25) is 0 Å². The Morgan fingerprint density at radius 3 is 2.90 bits per heavy atom. The lowest BCUT2D eigenvalue weighted by Crippen LogP contribution is -2.20. The Kier molecular flexibility index (Phi) is 3.74. The van der Waals surface area contributed by atoms with E-state index in [4.69, 9.17) is 4.74 Å². The molecule has 0 saturated carbocycles. The summed E-state index contributed by atoms with van der Waals surface area (Å²) in [6, 6.07) is 3.90. The number of ether oxygens (including phenoxy) is 1. The molecule has 0 amide bonds. The second-order valence-electron chi connectivity index (χ2n) is 3.95. The van der Waals surface area contributed by atoms with Gasteiger partial charge < -0.3 is 9.72 Å². The van der Waals surface area contributed by atoms with E-state index >= 15 is 0 Å². The number of benzene rings is 1. The largest absolute Gasteiger partial charge is 0.466 e. The van der Waals surface area contributed by atoms with E-state index in [0.717, 1.165) is 0 Å². The molecule has 0 aliphatic carbocycles. The summed E-state index contributed by atoms with van der Waals surface area (Å²) in [5.41, 5.74) is -0.0682. The van der Waals surface area contributed by atoms with Crippen LogP contribution in [0.3, 0.4) is 0 Å². The quantitative estimate of drug-likeness (QED) is 0.505. The number of nitrogens with zero attached hydrogens (tertiary/aromatic N) is 2. The van der Waals surface area contributed by atoms with Gasteiger partial charge >= 0.3 is 5.97 Å². The van der Waals surface area contributed by atoms with Gasteiger partial charge in [0.05, 0.1) is 29.0 Å². The molecule has 20 heavy (non-hydrogen) atoms. The zero-order valence-electron chi connectivity index (χ0n) is 10.6. The molecule has 2 aromatic rings. The van der Waals surface area contributed by atoms with Gasteiger partial charge in [0.1, 0.15) is 5.69 Å². The van der Waals surface area contributed by atoms with Gasteiger partial charge in [0.25, 0.3) is 11.2 Å². The Bertz CT molecular complexity index is 737. The highest BCUT2D eigenvalue weighted by Crippen LogP contribution is 2.16. The molecule has 1 aromatic heterocycles. The normalized spacial score (nSPS) is 10.4. The van der Waals surface area contributed by atoms with Gasteiger partial charge in [0.15, 0.2) is 0 Å². The number of aromatic nitrogens is 2. The van der Waals surface area contributed by atoms with Crippen LogP contribution in [0, 0.1) is 10.1 Å². The highest BCUT2D eigenvalue weighted by molar-refractivity contribution is 5.78. The number of hydrogen-bond acceptors (Lipinski definition) is 6. The van der Waals surface area contributed by atoms with Crippen LogP contribution in [0.25, 0.3) is 11.0 Å². The molecule has 8 nitrogen and oxygen atoms in total. The van der Waals surface area contributed by atoms with Gasteiger partial charge in [-0.3, -0.25) is 19.7 Å². The number of aromatic amines is 1. The highest BCUT2D eigenvalue weighted by atomic mass is 16.6. The van der Waals surface area contributed by atoms with Crippen molar-refractivity contribution in [3.63, 3.8) is 0 Å². The molecule has 0 spiro atoms. The van der Waals surface area contributed by atoms with E-state index < -0.39 is 16.5 Å². The maximum absolute atomic E-state index is 11.7. The van der Waals surface area contributed by atoms with Crippen LogP contribution >= 0.6 is 0 Å². The molecular formula is C12H11N3O5. The Hall–Kier alpha value is -2.77. The van der Waals surface area contributed by atoms with Crippen molar-refractivity contribution in [2.45, 2.75) is 13.3 Å². The molecule has 0 aliphatic rings. The fraction of sp³-hybridized carbons (Fsp3) is 0.250. The van der Waals surface area contributed by atoms with Gasteiger partial charge in [0, 0.05) is 12.1 Å². The molecule has 0 fully saturated rings. The summed E-state index contributed by atoms with van der Waals surface area (Å²) >= 11 is 0. The van der Waals surface area contributed by atoms with Crippen molar-refractivity contribution in [2.24, 2.45) is 0 Å². The second kappa shape index (κ2) is 5.47. The number of non-ortho nitro benzene ring substituents is 1. The molecule has 0 aliphatic heterocycles. The summed E-state index contributed by atoms with van der Waals surface area (Å²) < 4.78 is 4.73. The van der Waals surface area contributed by atoms with Crippen LogP contribution in [0.5, 0.6) is 0 Å². The number of rotatable bonds is 4. The van der Waals surface area contributed by atoms with Crippen LogP contribution in [0.15, 0.2) is 23.0 Å². The summed E-state index contributed by atoms with van der Waals surface area (Å²) in [7, 11) is 0. The summed E-state index contributed by atoms with van der Waals surface area (Å²) in [5.74, 6) is -0.574. The van der Waals surface area contributed by atoms with E-state index in [2.05, 4.69) is 9.97 Å². The van der Waals surface area contributed by atoms with Gasteiger partial charge in [-0.1, -0.05) is 0 Å². The van der Waals surface area contributed by atoms with E-state index in [1.807, 2.05) is 0 Å². The van der Waals surface area contributed by atoms with Gasteiger partial charge in [-0.05, 0) is 13.0 Å². The number of fused-ring (bicyclic) bond motifs is 1. The average molecular weight is 277 g/mol. The SMILES string of the molecule is CCOC(=O)Cc1nc2cc([N+](=O)[O-])ccc2[nH]c1=O. The Morgan fingerprint density at radius 2 is 2.25 bits per heavy atom. The van der Waals surface area contributed by atoms with Crippen LogP contribution in [0.4, 0.5) is 5.69 Å². The van der Waals surface area contributed by atoms with E-state index in [0.29, 0.717) is 5.52 Å². The minimum absolute atomic E-state index is 0.0311. The van der Waals surface area contributed by atoms with E-state index in [1.165, 1.54) is 18.2 Å². The third-order valence-electron chi connectivity index (χ3n) is 2.57. The maximum Gasteiger partial charge on any atom is 0.312 e. The van der Waals surface area contributed by atoms with Gasteiger partial charge in [-0.25, -0.2) is 4.98 Å². The van der Waals surface area contributed by atoms with Crippen molar-refractivity contribution < 1.29 is 14.5 Å². The van der Waals surface area contributed by atoms with Crippen molar-refractivity contribution >= 4 is 22.7 Å². The number of nitrogens with one attached hydrogen (secondary N) is 1. The molecule has 0 bridgehead atoms. The van der Waals surface area contributed by atoms with Crippen LogP contribution in [-0.4, -0.2) is 27.5 Å². The second-order valence-corrected chi connectivity index (χ2v) is 3.95. The van der Waals surface area contributed by atoms with Crippen LogP contribution < -0.4 is 5.56 Å². The molecule has 104 valence electrons. The summed E-state index contributed by atoms with van der Waals surface area (Å²) in [5, 5.41) is 10.7. The average Bonchev–Trinajstić information content (AvgIpc) is 2.39. The molecular weight excluding hydrogens is 266 g/mol. The first-order valence-electron chi connectivity index (χ1n) is 5.84. The lowest BCUT2D eigenvalue weighted by molar-refractivity contribution is -0.384. The van der Waals surface area contributed by atoms with E-state index in [-0.39, 0.29) is 29.9 Å². The highest BCUT2D eigenvalue weighted by Gasteiger charge is 2.13. The maximum atomic E-state index is 11.7. The zero-order valence-corrected chi connectivity index (χ0v) is 10.6. The van der Waals surface area contributed by atoms with E-state index in [9.17, 15) is 19.7 Å². The van der Waals surface area contributed by atoms with Gasteiger partial charge in [-0.15, -0.1) is 0 Å². The molecule has 0 atom stereocenters. The number of carbonyl (C=O) groups is 1. The van der Waals surface area contributed by atoms with Gasteiger partial charge in [-0.2, -0.15) is 0 Å². The van der Waals surface area contributed by atoms with Crippen molar-refractivity contribution in [2.75, 3.05) is 6.61 Å². The number of nitro groups is 1. The third kappa shape index (κ3) is 2.79. The standard InChI is InChI=1S/C12H11N3O5/c1-2-20-11(16)6-10-12(17)14-8-4-3-7(15(18)19)5-9(8)13-10/h3-5H,2,6H2,1H3,(H,14,17). The monoisotopic (exact) mass is 277 g/mol. The van der Waals surface area contributed by atoms with E-state index in [1.54, 1.807) is 6.92 Å². The number of hydrogen-bond donors (Lipinski definition) is 1. The predicted molar refractivity (Wildman–Crippen MR) is 69.4 cm³/mol. The predicted octanol–water partition coefficient (Wildman–Crippen LogP) is 0.937. The minimum Gasteiger partial charge on any atom is -0.466 e. The minimum atomic E-state index is -0.574. The number of nitro benzene ring substituents is 1. The summed E-state index contributed by atoms with van der Waals surface area (Å²) in [6.07, 6.45) is -0.276. The Labute approximate surface area is 112 Å². The molecule has 0 radical (unpaired) electrons. The molecule has 1 heterocycles. The molecule has 2 rings (SSSR count). The fourth-order valence-electron chi connectivity index (χ4n) is 1.69. The van der Waals surface area contributed by atoms with Crippen LogP contribution in [-0.2, 0) is 16.0 Å². The lowest BCUT2D eigenvalue weighted by atomic mass is 10.2. The third-order valence-corrected chi connectivity index (χ3v) is 2.57. The number of esters is 1. The van der Waals surface area contributed by atoms with Crippen molar-refractivity contribution in [3.8, 4) is 0 Å². The Morgan fingerprint density at radius 1 is 1.50 bits per heavy atom. The lowest BCUT2D eigenvalue weighted by Gasteiger charge is -2.03. The first-order chi connectivity index (χ1) is 9.51. The van der Waals surface area contributed by atoms with Crippen LogP contribution in [0.2, 0.25) is 0 Å². The first-order valence-corrected chi connectivity index (χ1v) is 5.84. The molecule has 0 saturated heterocycles. The van der Waals surface area contributed by atoms with Crippen LogP contribution in [0.1, 0.15) is 12.6 Å². The summed E-state index contributed by atoms with van der Waals surface area (Å²) in [4.78, 5) is 39.7. The zero-order chi connectivity index (χ0) is 14.7. The molecule has 0 unspecified atom stereocenters. The fourth-order valence-corrected chi connectivity index (χ4v) is 1.69. The molecule has 1 N–H and O–H groups in total. The topological polar surface area (TPSA) is 115 Å². The number of H-pyrrole nitrogens is 1. The van der Waals surface area contributed by atoms with Crippen molar-refractivity contribution in [3.05, 3.63) is 44.4 Å². The Balaban J connectivity index is 2.45. The first kappa shape index (κ1) is 13.7. The number of carbonyl (C=O) groups excluding carboxylic acids is 1. The molecule has 1 aromatic carbocycles. The molecule has 8 heteroatoms. The van der Waals surface area contributed by atoms with Crippen molar-refractivity contribution in [1.29, 1.82) is 0 Å².